The Hall–Kier alpha value is -3.40. The minimum atomic E-state index is -0.354. The van der Waals surface area contributed by atoms with Crippen molar-refractivity contribution in [3.63, 3.8) is 0 Å². The van der Waals surface area contributed by atoms with Crippen molar-refractivity contribution < 1.29 is 9.53 Å². The standard InChI is InChI=1S/C19H22N7O3/c1-25(14-8-5-9-20-14)18-23-16(21-11-27)15-17(24-18)26(19(28)22-15)10-12-6-3-4-7-13(12)29-2/h3-4,6-7,14,20H,5,8-10H2,1-2H3,(H,22,28)(H,21,23,24,27)/t14-/m0/s1. The van der Waals surface area contributed by atoms with Crippen LogP contribution in [0.4, 0.5) is 11.8 Å². The molecule has 3 aromatic rings. The van der Waals surface area contributed by atoms with E-state index in [-0.39, 0.29) is 24.2 Å². The second-order valence-electron chi connectivity index (χ2n) is 6.85. The molecule has 2 aromatic heterocycles. The third-order valence-electron chi connectivity index (χ3n) is 5.12. The first kappa shape index (κ1) is 18.9. The van der Waals surface area contributed by atoms with Gasteiger partial charge in [-0.25, -0.2) is 4.79 Å². The SMILES string of the molecule is COc1ccccc1Cn1c(=O)[nH]c2c(N[C]=O)nc(N(C)[C@H]3CCCN3)nc21. The monoisotopic (exact) mass is 396 g/mol. The molecule has 29 heavy (non-hydrogen) atoms. The van der Waals surface area contributed by atoms with Crippen LogP contribution >= 0.6 is 0 Å². The number of hydrogen-bond donors (Lipinski definition) is 3. The van der Waals surface area contributed by atoms with Crippen LogP contribution in [0.3, 0.4) is 0 Å². The lowest BCUT2D eigenvalue weighted by Gasteiger charge is -2.24. The number of methoxy groups -OCH3 is 1. The predicted octanol–water partition coefficient (Wildman–Crippen LogP) is 0.801. The number of hydrogen-bond acceptors (Lipinski definition) is 7. The van der Waals surface area contributed by atoms with E-state index in [0.717, 1.165) is 24.9 Å². The van der Waals surface area contributed by atoms with Crippen molar-refractivity contribution in [3.8, 4) is 5.75 Å². The van der Waals surface area contributed by atoms with Crippen molar-refractivity contribution in [2.24, 2.45) is 0 Å². The number of aromatic nitrogens is 4. The summed E-state index contributed by atoms with van der Waals surface area (Å²) in [6, 6.07) is 7.47. The molecular formula is C19H22N7O3. The topological polar surface area (TPSA) is 117 Å². The summed E-state index contributed by atoms with van der Waals surface area (Å²) < 4.78 is 6.90. The molecule has 3 heterocycles. The molecule has 1 saturated heterocycles. The molecule has 10 nitrogen and oxygen atoms in total. The van der Waals surface area contributed by atoms with Crippen molar-refractivity contribution in [2.75, 3.05) is 30.9 Å². The normalized spacial score (nSPS) is 16.1. The van der Waals surface area contributed by atoms with Gasteiger partial charge in [-0.1, -0.05) is 18.2 Å². The van der Waals surface area contributed by atoms with Gasteiger partial charge in [-0.15, -0.1) is 0 Å². The zero-order chi connectivity index (χ0) is 20.4. The Morgan fingerprint density at radius 2 is 2.21 bits per heavy atom. The van der Waals surface area contributed by atoms with Gasteiger partial charge in [0.25, 0.3) is 0 Å². The largest absolute Gasteiger partial charge is 0.496 e. The van der Waals surface area contributed by atoms with Crippen molar-refractivity contribution in [1.82, 2.24) is 24.8 Å². The molecule has 0 bridgehead atoms. The molecule has 3 N–H and O–H groups in total. The van der Waals surface area contributed by atoms with Gasteiger partial charge in [-0.3, -0.25) is 14.7 Å². The van der Waals surface area contributed by atoms with E-state index < -0.39 is 0 Å². The number of amides is 1. The lowest BCUT2D eigenvalue weighted by molar-refractivity contribution is 0.408. The third-order valence-corrected chi connectivity index (χ3v) is 5.12. The quantitative estimate of drug-likeness (QED) is 0.506. The van der Waals surface area contributed by atoms with Gasteiger partial charge in [0.15, 0.2) is 11.5 Å². The summed E-state index contributed by atoms with van der Waals surface area (Å²) in [5.41, 5.74) is 1.23. The number of nitrogens with one attached hydrogen (secondary N) is 3. The number of H-pyrrole nitrogens is 1. The summed E-state index contributed by atoms with van der Waals surface area (Å²) >= 11 is 0. The Bertz CT molecular complexity index is 1090. The third kappa shape index (κ3) is 3.54. The molecule has 4 rings (SSSR count). The second kappa shape index (κ2) is 7.92. The smallest absolute Gasteiger partial charge is 0.328 e. The Kier molecular flexibility index (Phi) is 5.17. The average molecular weight is 396 g/mol. The van der Waals surface area contributed by atoms with E-state index >= 15 is 0 Å². The number of rotatable bonds is 7. The fourth-order valence-electron chi connectivity index (χ4n) is 3.60. The van der Waals surface area contributed by atoms with Crippen LogP contribution in [-0.4, -0.2) is 52.8 Å². The van der Waals surface area contributed by atoms with Gasteiger partial charge in [0, 0.05) is 12.6 Å². The Balaban J connectivity index is 1.83. The molecule has 1 atom stereocenters. The lowest BCUT2D eigenvalue weighted by Crippen LogP contribution is -2.40. The molecular weight excluding hydrogens is 374 g/mol. The van der Waals surface area contributed by atoms with Crippen LogP contribution in [0.15, 0.2) is 29.1 Å². The van der Waals surface area contributed by atoms with Gasteiger partial charge in [0.05, 0.1) is 19.8 Å². The first-order valence-electron chi connectivity index (χ1n) is 9.34. The van der Waals surface area contributed by atoms with Crippen molar-refractivity contribution >= 4 is 29.3 Å². The molecule has 0 aliphatic carbocycles. The van der Waals surface area contributed by atoms with Crippen molar-refractivity contribution in [3.05, 3.63) is 40.3 Å². The predicted molar refractivity (Wildman–Crippen MR) is 109 cm³/mol. The van der Waals surface area contributed by atoms with Crippen molar-refractivity contribution in [1.29, 1.82) is 0 Å². The summed E-state index contributed by atoms with van der Waals surface area (Å²) in [7, 11) is 3.47. The molecule has 1 amide bonds. The zero-order valence-corrected chi connectivity index (χ0v) is 16.2. The van der Waals surface area contributed by atoms with Gasteiger partial charge in [0.2, 0.25) is 5.95 Å². The number of ether oxygens (including phenoxy) is 1. The second-order valence-corrected chi connectivity index (χ2v) is 6.85. The number of nitrogens with zero attached hydrogens (tertiary/aromatic N) is 4. The Labute approximate surface area is 166 Å². The highest BCUT2D eigenvalue weighted by atomic mass is 16.5. The Morgan fingerprint density at radius 1 is 1.38 bits per heavy atom. The molecule has 1 aliphatic heterocycles. The van der Waals surface area contributed by atoms with E-state index in [1.54, 1.807) is 13.5 Å². The van der Waals surface area contributed by atoms with Gasteiger partial charge in [0.1, 0.15) is 11.3 Å². The van der Waals surface area contributed by atoms with Gasteiger partial charge in [-0.2, -0.15) is 9.97 Å². The molecule has 0 spiro atoms. The van der Waals surface area contributed by atoms with E-state index in [4.69, 9.17) is 4.74 Å². The maximum absolute atomic E-state index is 12.7. The van der Waals surface area contributed by atoms with Crippen LogP contribution < -0.4 is 26.0 Å². The number of para-hydroxylation sites is 1. The van der Waals surface area contributed by atoms with Crippen LogP contribution in [0.2, 0.25) is 0 Å². The fourth-order valence-corrected chi connectivity index (χ4v) is 3.60. The van der Waals surface area contributed by atoms with Crippen LogP contribution in [0.25, 0.3) is 11.2 Å². The maximum Gasteiger partial charge on any atom is 0.328 e. The number of benzene rings is 1. The summed E-state index contributed by atoms with van der Waals surface area (Å²) in [5.74, 6) is 1.29. The van der Waals surface area contributed by atoms with E-state index in [1.807, 2.05) is 36.2 Å². The van der Waals surface area contributed by atoms with Gasteiger partial charge >= 0.3 is 12.1 Å². The van der Waals surface area contributed by atoms with E-state index in [0.29, 0.717) is 22.9 Å². The average Bonchev–Trinajstić information content (AvgIpc) is 3.37. The van der Waals surface area contributed by atoms with Crippen LogP contribution in [0.1, 0.15) is 18.4 Å². The van der Waals surface area contributed by atoms with Crippen molar-refractivity contribution in [2.45, 2.75) is 25.6 Å². The first-order chi connectivity index (χ1) is 14.1. The molecule has 0 saturated carbocycles. The highest BCUT2D eigenvalue weighted by Crippen LogP contribution is 2.25. The maximum atomic E-state index is 12.7. The zero-order valence-electron chi connectivity index (χ0n) is 16.2. The van der Waals surface area contributed by atoms with Gasteiger partial charge < -0.3 is 19.9 Å². The summed E-state index contributed by atoms with van der Waals surface area (Å²) in [4.78, 5) is 37.4. The number of aromatic amines is 1. The fraction of sp³-hybridized carbons (Fsp3) is 0.368. The van der Waals surface area contributed by atoms with Gasteiger partial charge in [-0.05, 0) is 25.5 Å². The molecule has 1 radical (unpaired) electrons. The van der Waals surface area contributed by atoms with E-state index in [1.165, 1.54) is 4.57 Å². The highest BCUT2D eigenvalue weighted by molar-refractivity contribution is 5.89. The van der Waals surface area contributed by atoms with E-state index in [2.05, 4.69) is 25.6 Å². The van der Waals surface area contributed by atoms with Crippen LogP contribution in [0.5, 0.6) is 5.75 Å². The number of imidazole rings is 1. The summed E-state index contributed by atoms with van der Waals surface area (Å²) in [6.45, 7) is 1.18. The minimum absolute atomic E-state index is 0.0915. The van der Waals surface area contributed by atoms with E-state index in [9.17, 15) is 9.59 Å². The number of fused-ring (bicyclic) bond motifs is 1. The van der Waals surface area contributed by atoms with Crippen LogP contribution in [0, 0.1) is 0 Å². The lowest BCUT2D eigenvalue weighted by atomic mass is 10.2. The summed E-state index contributed by atoms with van der Waals surface area (Å²) in [6.07, 6.45) is 3.75. The molecule has 10 heteroatoms. The van der Waals surface area contributed by atoms with Crippen LogP contribution in [-0.2, 0) is 11.3 Å². The molecule has 0 unspecified atom stereocenters. The molecule has 1 aliphatic rings. The highest BCUT2D eigenvalue weighted by Gasteiger charge is 2.24. The number of carbonyl (C=O) groups excluding carboxylic acids is 1. The first-order valence-corrected chi connectivity index (χ1v) is 9.34. The molecule has 1 aromatic carbocycles. The molecule has 151 valence electrons. The minimum Gasteiger partial charge on any atom is -0.496 e. The molecule has 1 fully saturated rings. The summed E-state index contributed by atoms with van der Waals surface area (Å²) in [5, 5.41) is 5.84. The Morgan fingerprint density at radius 3 is 2.93 bits per heavy atom. The number of anilines is 2.